The normalized spacial score (nSPS) is 10.3. The predicted molar refractivity (Wildman–Crippen MR) is 92.1 cm³/mol. The average Bonchev–Trinajstić information content (AvgIpc) is 3.14. The Balaban J connectivity index is 1.72. The van der Waals surface area contributed by atoms with Crippen molar-refractivity contribution in [3.05, 3.63) is 72.1 Å². The summed E-state index contributed by atoms with van der Waals surface area (Å²) in [6.07, 6.45) is 1.38. The summed E-state index contributed by atoms with van der Waals surface area (Å²) < 4.78 is 0. The molecule has 1 amide bonds. The summed E-state index contributed by atoms with van der Waals surface area (Å²) in [5.74, 6) is -0.178. The van der Waals surface area contributed by atoms with E-state index in [0.717, 1.165) is 0 Å². The van der Waals surface area contributed by atoms with Crippen molar-refractivity contribution in [3.63, 3.8) is 0 Å². The van der Waals surface area contributed by atoms with Gasteiger partial charge in [0.05, 0.1) is 11.4 Å². The number of benzene rings is 2. The van der Waals surface area contributed by atoms with Crippen LogP contribution in [0.1, 0.15) is 15.9 Å². The lowest BCUT2D eigenvalue weighted by atomic mass is 10.0. The summed E-state index contributed by atoms with van der Waals surface area (Å²) in [5.41, 5.74) is 1.53. The maximum Gasteiger partial charge on any atom is 0.234 e. The number of aromatic nitrogens is 3. The standard InChI is InChI=1S/C17H14N4O2S/c22-15(10-24-17-18-11-19-21-17)20-14-9-5-4-8-13(14)16(23)12-6-2-1-3-7-12/h1-9,11H,10H2,(H,20,22)(H,18,19,21). The molecule has 0 bridgehead atoms. The Morgan fingerprint density at radius 3 is 2.54 bits per heavy atom. The molecule has 1 heterocycles. The van der Waals surface area contributed by atoms with Gasteiger partial charge in [-0.2, -0.15) is 5.10 Å². The molecular formula is C17H14N4O2S. The Hall–Kier alpha value is -2.93. The minimum absolute atomic E-state index is 0.130. The molecular weight excluding hydrogens is 324 g/mol. The highest BCUT2D eigenvalue weighted by atomic mass is 32.2. The molecule has 2 N–H and O–H groups in total. The second-order valence-electron chi connectivity index (χ2n) is 4.87. The Bertz CT molecular complexity index is 835. The molecule has 24 heavy (non-hydrogen) atoms. The Kier molecular flexibility index (Phi) is 5.02. The summed E-state index contributed by atoms with van der Waals surface area (Å²) in [7, 11) is 0. The quantitative estimate of drug-likeness (QED) is 0.533. The van der Waals surface area contributed by atoms with Crippen LogP contribution in [0.3, 0.4) is 0 Å². The number of amides is 1. The van der Waals surface area contributed by atoms with Gasteiger partial charge in [-0.1, -0.05) is 54.2 Å². The number of carbonyl (C=O) groups excluding carboxylic acids is 2. The van der Waals surface area contributed by atoms with Crippen molar-refractivity contribution < 1.29 is 9.59 Å². The van der Waals surface area contributed by atoms with Gasteiger partial charge < -0.3 is 5.32 Å². The summed E-state index contributed by atoms with van der Waals surface area (Å²) >= 11 is 1.24. The fourth-order valence-corrected chi connectivity index (χ4v) is 2.70. The Labute approximate surface area is 142 Å². The van der Waals surface area contributed by atoms with Crippen LogP contribution < -0.4 is 5.32 Å². The topological polar surface area (TPSA) is 87.7 Å². The molecule has 0 atom stereocenters. The molecule has 0 spiro atoms. The van der Waals surface area contributed by atoms with Crippen LogP contribution in [0.4, 0.5) is 5.69 Å². The second-order valence-corrected chi connectivity index (χ2v) is 5.83. The predicted octanol–water partition coefficient (Wildman–Crippen LogP) is 2.77. The van der Waals surface area contributed by atoms with Gasteiger partial charge >= 0.3 is 0 Å². The van der Waals surface area contributed by atoms with Crippen LogP contribution in [0.5, 0.6) is 0 Å². The number of anilines is 1. The van der Waals surface area contributed by atoms with Crippen LogP contribution in [-0.2, 0) is 4.79 Å². The van der Waals surface area contributed by atoms with E-state index in [1.807, 2.05) is 18.2 Å². The van der Waals surface area contributed by atoms with Gasteiger partial charge in [-0.25, -0.2) is 4.98 Å². The van der Waals surface area contributed by atoms with Crippen molar-refractivity contribution in [1.29, 1.82) is 0 Å². The Morgan fingerprint density at radius 1 is 1.04 bits per heavy atom. The van der Waals surface area contributed by atoms with E-state index in [1.54, 1.807) is 36.4 Å². The van der Waals surface area contributed by atoms with Gasteiger partial charge in [0, 0.05) is 11.1 Å². The molecule has 0 saturated heterocycles. The van der Waals surface area contributed by atoms with Crippen LogP contribution >= 0.6 is 11.8 Å². The number of nitrogens with one attached hydrogen (secondary N) is 2. The number of nitrogens with zero attached hydrogens (tertiary/aromatic N) is 2. The molecule has 0 aliphatic rings. The van der Waals surface area contributed by atoms with Gasteiger partial charge in [-0.15, -0.1) is 0 Å². The number of ketones is 1. The maximum atomic E-state index is 12.6. The zero-order valence-electron chi connectivity index (χ0n) is 12.6. The van der Waals surface area contributed by atoms with Crippen molar-refractivity contribution in [2.45, 2.75) is 5.16 Å². The van der Waals surface area contributed by atoms with E-state index < -0.39 is 0 Å². The third kappa shape index (κ3) is 3.88. The van der Waals surface area contributed by atoms with Crippen molar-refractivity contribution in [2.75, 3.05) is 11.1 Å². The lowest BCUT2D eigenvalue weighted by molar-refractivity contribution is -0.113. The van der Waals surface area contributed by atoms with E-state index in [4.69, 9.17) is 0 Å². The van der Waals surface area contributed by atoms with Crippen LogP contribution in [0.2, 0.25) is 0 Å². The number of aromatic amines is 1. The molecule has 0 saturated carbocycles. The monoisotopic (exact) mass is 338 g/mol. The molecule has 3 aromatic rings. The van der Waals surface area contributed by atoms with Gasteiger partial charge in [0.25, 0.3) is 0 Å². The fraction of sp³-hybridized carbons (Fsp3) is 0.0588. The number of H-pyrrole nitrogens is 1. The number of para-hydroxylation sites is 1. The smallest absolute Gasteiger partial charge is 0.234 e. The highest BCUT2D eigenvalue weighted by Gasteiger charge is 2.15. The molecule has 1 aromatic heterocycles. The van der Waals surface area contributed by atoms with Crippen LogP contribution in [0, 0.1) is 0 Å². The number of rotatable bonds is 6. The van der Waals surface area contributed by atoms with Crippen LogP contribution in [0.15, 0.2) is 66.1 Å². The molecule has 6 nitrogen and oxygen atoms in total. The van der Waals surface area contributed by atoms with Gasteiger partial charge in [-0.3, -0.25) is 14.7 Å². The first-order valence-electron chi connectivity index (χ1n) is 7.21. The van der Waals surface area contributed by atoms with Crippen molar-refractivity contribution in [3.8, 4) is 0 Å². The van der Waals surface area contributed by atoms with E-state index >= 15 is 0 Å². The minimum atomic E-state index is -0.218. The fourth-order valence-electron chi connectivity index (χ4n) is 2.12. The zero-order chi connectivity index (χ0) is 16.8. The summed E-state index contributed by atoms with van der Waals surface area (Å²) in [6.45, 7) is 0. The zero-order valence-corrected chi connectivity index (χ0v) is 13.4. The second kappa shape index (κ2) is 7.56. The van der Waals surface area contributed by atoms with E-state index in [-0.39, 0.29) is 17.4 Å². The molecule has 0 aliphatic carbocycles. The number of thioether (sulfide) groups is 1. The third-order valence-corrected chi connectivity index (χ3v) is 4.09. The number of carbonyl (C=O) groups is 2. The minimum Gasteiger partial charge on any atom is -0.325 e. The third-order valence-electron chi connectivity index (χ3n) is 3.21. The first kappa shape index (κ1) is 15.9. The summed E-state index contributed by atoms with van der Waals surface area (Å²) in [6, 6.07) is 15.9. The lowest BCUT2D eigenvalue weighted by Gasteiger charge is -2.10. The molecule has 0 radical (unpaired) electrons. The lowest BCUT2D eigenvalue weighted by Crippen LogP contribution is -2.17. The molecule has 120 valence electrons. The van der Waals surface area contributed by atoms with E-state index in [0.29, 0.717) is 22.0 Å². The van der Waals surface area contributed by atoms with Gasteiger partial charge in [0.15, 0.2) is 10.9 Å². The molecule has 0 unspecified atom stereocenters. The Morgan fingerprint density at radius 2 is 1.79 bits per heavy atom. The van der Waals surface area contributed by atoms with Crippen LogP contribution in [0.25, 0.3) is 0 Å². The van der Waals surface area contributed by atoms with Crippen molar-refractivity contribution in [2.24, 2.45) is 0 Å². The van der Waals surface area contributed by atoms with E-state index in [9.17, 15) is 9.59 Å². The summed E-state index contributed by atoms with van der Waals surface area (Å²) in [4.78, 5) is 28.7. The van der Waals surface area contributed by atoms with E-state index in [1.165, 1.54) is 18.1 Å². The maximum absolute atomic E-state index is 12.6. The molecule has 2 aromatic carbocycles. The van der Waals surface area contributed by atoms with Crippen molar-refractivity contribution >= 4 is 29.1 Å². The molecule has 0 fully saturated rings. The highest BCUT2D eigenvalue weighted by molar-refractivity contribution is 7.99. The SMILES string of the molecule is O=C(CSc1ncn[nH]1)Nc1ccccc1C(=O)c1ccccc1. The van der Waals surface area contributed by atoms with Gasteiger partial charge in [0.2, 0.25) is 5.91 Å². The van der Waals surface area contributed by atoms with Crippen molar-refractivity contribution in [1.82, 2.24) is 15.2 Å². The summed E-state index contributed by atoms with van der Waals surface area (Å²) in [5, 5.41) is 9.75. The highest BCUT2D eigenvalue weighted by Crippen LogP contribution is 2.20. The molecule has 7 heteroatoms. The first-order chi connectivity index (χ1) is 11.7. The van der Waals surface area contributed by atoms with Gasteiger partial charge in [0.1, 0.15) is 6.33 Å². The largest absolute Gasteiger partial charge is 0.325 e. The molecule has 3 rings (SSSR count). The first-order valence-corrected chi connectivity index (χ1v) is 8.19. The van der Waals surface area contributed by atoms with Crippen LogP contribution in [-0.4, -0.2) is 32.6 Å². The number of hydrogen-bond donors (Lipinski definition) is 2. The number of hydrogen-bond acceptors (Lipinski definition) is 5. The average molecular weight is 338 g/mol. The van der Waals surface area contributed by atoms with Gasteiger partial charge in [-0.05, 0) is 12.1 Å². The van der Waals surface area contributed by atoms with E-state index in [2.05, 4.69) is 20.5 Å². The molecule has 0 aliphatic heterocycles.